The minimum Gasteiger partial charge on any atom is -0.432 e. The van der Waals surface area contributed by atoms with E-state index in [-0.39, 0.29) is 5.04 Å². The van der Waals surface area contributed by atoms with Gasteiger partial charge in [-0.3, -0.25) is 0 Å². The zero-order valence-electron chi connectivity index (χ0n) is 12.3. The Balaban J connectivity index is 2.08. The molecule has 1 aromatic rings. The topological polar surface area (TPSA) is 20.2 Å². The van der Waals surface area contributed by atoms with Crippen LogP contribution in [-0.4, -0.2) is 13.1 Å². The summed E-state index contributed by atoms with van der Waals surface area (Å²) >= 11 is 1.87. The Morgan fingerprint density at radius 1 is 1.17 bits per heavy atom. The summed E-state index contributed by atoms with van der Waals surface area (Å²) in [7, 11) is -2.00. The third-order valence-electron chi connectivity index (χ3n) is 4.21. The van der Waals surface area contributed by atoms with Crippen LogP contribution in [0.1, 0.15) is 50.8 Å². The number of thiophene rings is 1. The Morgan fingerprint density at radius 3 is 2.39 bits per heavy atom. The Bertz CT molecular complexity index is 325. The predicted octanol–water partition coefficient (Wildman–Crippen LogP) is 5.22. The first-order chi connectivity index (χ1) is 8.33. The normalized spacial score (nSPS) is 12.9. The molecule has 0 bridgehead atoms. The van der Waals surface area contributed by atoms with Crippen LogP contribution in [0.2, 0.25) is 18.1 Å². The average Bonchev–Trinajstić information content (AvgIpc) is 2.74. The van der Waals surface area contributed by atoms with Crippen molar-refractivity contribution in [2.45, 2.75) is 70.5 Å². The van der Waals surface area contributed by atoms with Crippen molar-refractivity contribution in [3.63, 3.8) is 0 Å². The molecule has 0 aromatic carbocycles. The van der Waals surface area contributed by atoms with Gasteiger partial charge in [0.15, 0.2) is 8.32 Å². The van der Waals surface area contributed by atoms with Gasteiger partial charge in [0, 0.05) is 4.88 Å². The Morgan fingerprint density at radius 2 is 1.83 bits per heavy atom. The quantitative estimate of drug-likeness (QED) is 0.512. The fraction of sp³-hybridized carbons (Fsp3) is 0.733. The summed E-state index contributed by atoms with van der Waals surface area (Å²) in [6.07, 6.45) is 7.60. The van der Waals surface area contributed by atoms with Crippen molar-refractivity contribution < 1.29 is 4.80 Å². The predicted molar refractivity (Wildman–Crippen MR) is 84.8 cm³/mol. The lowest BCUT2D eigenvalue weighted by molar-refractivity contribution is 0.434. The molecule has 0 aliphatic rings. The van der Waals surface area contributed by atoms with Gasteiger partial charge in [-0.05, 0) is 48.8 Å². The van der Waals surface area contributed by atoms with Gasteiger partial charge in [-0.1, -0.05) is 39.2 Å². The summed E-state index contributed by atoms with van der Waals surface area (Å²) in [5.41, 5.74) is 0. The standard InChI is InChI=1S/C15H28OSSi/c1-15(2,18(3,4)16)12-8-6-5-7-10-14-11-9-13-17-14/h9,11,13,16H,5-8,10,12H2,1-4H3. The van der Waals surface area contributed by atoms with E-state index in [1.165, 1.54) is 43.4 Å². The molecule has 0 saturated carbocycles. The van der Waals surface area contributed by atoms with E-state index in [1.807, 2.05) is 11.3 Å². The molecule has 0 fully saturated rings. The van der Waals surface area contributed by atoms with Crippen LogP contribution in [0, 0.1) is 0 Å². The molecule has 0 radical (unpaired) electrons. The van der Waals surface area contributed by atoms with Crippen molar-refractivity contribution in [2.75, 3.05) is 0 Å². The van der Waals surface area contributed by atoms with Crippen molar-refractivity contribution in [3.8, 4) is 0 Å². The smallest absolute Gasteiger partial charge is 0.188 e. The molecule has 0 aliphatic heterocycles. The molecule has 0 aliphatic carbocycles. The molecule has 0 unspecified atom stereocenters. The maximum atomic E-state index is 10.2. The van der Waals surface area contributed by atoms with E-state index in [0.717, 1.165) is 0 Å². The summed E-state index contributed by atoms with van der Waals surface area (Å²) < 4.78 is 0. The fourth-order valence-corrected chi connectivity index (χ4v) is 3.52. The van der Waals surface area contributed by atoms with E-state index in [9.17, 15) is 4.80 Å². The number of unbranched alkanes of at least 4 members (excludes halogenated alkanes) is 3. The van der Waals surface area contributed by atoms with E-state index >= 15 is 0 Å². The largest absolute Gasteiger partial charge is 0.432 e. The first-order valence-corrected chi connectivity index (χ1v) is 10.9. The monoisotopic (exact) mass is 284 g/mol. The lowest BCUT2D eigenvalue weighted by Crippen LogP contribution is -2.38. The third-order valence-corrected chi connectivity index (χ3v) is 8.71. The molecule has 1 heterocycles. The van der Waals surface area contributed by atoms with Crippen molar-refractivity contribution >= 4 is 19.7 Å². The second kappa shape index (κ2) is 6.87. The summed E-state index contributed by atoms with van der Waals surface area (Å²) in [6, 6.07) is 4.37. The van der Waals surface area contributed by atoms with Crippen LogP contribution >= 0.6 is 11.3 Å². The molecule has 0 amide bonds. The van der Waals surface area contributed by atoms with Gasteiger partial charge in [-0.2, -0.15) is 0 Å². The summed E-state index contributed by atoms with van der Waals surface area (Å²) in [4.78, 5) is 11.7. The zero-order valence-corrected chi connectivity index (χ0v) is 14.1. The van der Waals surface area contributed by atoms with Gasteiger partial charge in [-0.25, -0.2) is 0 Å². The minimum absolute atomic E-state index is 0.154. The lowest BCUT2D eigenvalue weighted by Gasteiger charge is -2.35. The van der Waals surface area contributed by atoms with Crippen LogP contribution in [-0.2, 0) is 6.42 Å². The fourth-order valence-electron chi connectivity index (χ4n) is 1.98. The number of hydrogen-bond donors (Lipinski definition) is 1. The molecule has 0 spiro atoms. The molecule has 0 saturated heterocycles. The van der Waals surface area contributed by atoms with Crippen molar-refractivity contribution in [1.29, 1.82) is 0 Å². The van der Waals surface area contributed by atoms with Crippen LogP contribution in [0.3, 0.4) is 0 Å². The van der Waals surface area contributed by atoms with E-state index < -0.39 is 8.32 Å². The van der Waals surface area contributed by atoms with E-state index in [4.69, 9.17) is 0 Å². The minimum atomic E-state index is -2.00. The van der Waals surface area contributed by atoms with Crippen LogP contribution in [0.25, 0.3) is 0 Å². The second-order valence-corrected chi connectivity index (χ2v) is 11.9. The van der Waals surface area contributed by atoms with Crippen molar-refractivity contribution in [1.82, 2.24) is 0 Å². The van der Waals surface area contributed by atoms with Crippen LogP contribution in [0.5, 0.6) is 0 Å². The molecule has 0 atom stereocenters. The summed E-state index contributed by atoms with van der Waals surface area (Å²) in [5, 5.41) is 2.31. The van der Waals surface area contributed by atoms with E-state index in [1.54, 1.807) is 0 Å². The highest BCUT2D eigenvalue weighted by atomic mass is 32.1. The first kappa shape index (κ1) is 15.9. The van der Waals surface area contributed by atoms with Gasteiger partial charge in [0.25, 0.3) is 0 Å². The lowest BCUT2D eigenvalue weighted by atomic mass is 10.0. The highest BCUT2D eigenvalue weighted by molar-refractivity contribution is 7.09. The SMILES string of the molecule is CC(C)(CCCCCCc1cccs1)[Si](C)(C)O. The number of hydrogen-bond acceptors (Lipinski definition) is 2. The average molecular weight is 285 g/mol. The van der Waals surface area contributed by atoms with Gasteiger partial charge in [-0.15, -0.1) is 11.3 Å². The van der Waals surface area contributed by atoms with Gasteiger partial charge in [0.2, 0.25) is 0 Å². The molecule has 3 heteroatoms. The molecular weight excluding hydrogens is 256 g/mol. The molecule has 1 rings (SSSR count). The Hall–Kier alpha value is -0.123. The van der Waals surface area contributed by atoms with Gasteiger partial charge in [0.05, 0.1) is 0 Å². The van der Waals surface area contributed by atoms with Crippen LogP contribution in [0.4, 0.5) is 0 Å². The first-order valence-electron chi connectivity index (χ1n) is 7.08. The van der Waals surface area contributed by atoms with Gasteiger partial charge < -0.3 is 4.80 Å². The van der Waals surface area contributed by atoms with E-state index in [2.05, 4.69) is 44.5 Å². The van der Waals surface area contributed by atoms with Gasteiger partial charge in [0.1, 0.15) is 0 Å². The maximum Gasteiger partial charge on any atom is 0.188 e. The zero-order chi connectivity index (χ0) is 13.6. The number of rotatable bonds is 8. The third kappa shape index (κ3) is 5.25. The van der Waals surface area contributed by atoms with Crippen molar-refractivity contribution in [2.24, 2.45) is 0 Å². The second-order valence-electron chi connectivity index (χ2n) is 6.44. The molecule has 1 nitrogen and oxygen atoms in total. The molecule has 104 valence electrons. The summed E-state index contributed by atoms with van der Waals surface area (Å²) in [5.74, 6) is 0. The van der Waals surface area contributed by atoms with Crippen molar-refractivity contribution in [3.05, 3.63) is 22.4 Å². The molecule has 1 aromatic heterocycles. The van der Waals surface area contributed by atoms with Crippen LogP contribution in [0.15, 0.2) is 17.5 Å². The maximum absolute atomic E-state index is 10.2. The number of aryl methyl sites for hydroxylation is 1. The van der Waals surface area contributed by atoms with Crippen LogP contribution < -0.4 is 0 Å². The molecule has 1 N–H and O–H groups in total. The Labute approximate surface area is 117 Å². The Kier molecular flexibility index (Phi) is 6.08. The summed E-state index contributed by atoms with van der Waals surface area (Å²) in [6.45, 7) is 8.57. The molecule has 18 heavy (non-hydrogen) atoms. The van der Waals surface area contributed by atoms with E-state index in [0.29, 0.717) is 0 Å². The highest BCUT2D eigenvalue weighted by Crippen LogP contribution is 2.40. The molecular formula is C15H28OSSi. The van der Waals surface area contributed by atoms with Gasteiger partial charge >= 0.3 is 0 Å². The highest BCUT2D eigenvalue weighted by Gasteiger charge is 2.37.